The van der Waals surface area contributed by atoms with Crippen LogP contribution in [0, 0.1) is 0 Å². The zero-order valence-electron chi connectivity index (χ0n) is 14.2. The molecule has 2 aliphatic rings. The van der Waals surface area contributed by atoms with Crippen molar-refractivity contribution in [2.75, 3.05) is 26.2 Å². The number of nitrogens with one attached hydrogen (secondary N) is 1. The van der Waals surface area contributed by atoms with Gasteiger partial charge in [0.1, 0.15) is 11.3 Å². The lowest BCUT2D eigenvalue weighted by molar-refractivity contribution is 0.270. The lowest BCUT2D eigenvalue weighted by Gasteiger charge is -2.27. The predicted octanol–water partition coefficient (Wildman–Crippen LogP) is 2.55. The lowest BCUT2D eigenvalue weighted by atomic mass is 10.0. The van der Waals surface area contributed by atoms with Crippen LogP contribution in [0.2, 0.25) is 0 Å². The van der Waals surface area contributed by atoms with Gasteiger partial charge in [-0.15, -0.1) is 0 Å². The van der Waals surface area contributed by atoms with Crippen molar-refractivity contribution in [1.82, 2.24) is 24.8 Å². The minimum absolute atomic E-state index is 0.492. The fourth-order valence-electron chi connectivity index (χ4n) is 4.12. The van der Waals surface area contributed by atoms with Crippen molar-refractivity contribution in [2.24, 2.45) is 0 Å². The number of likely N-dealkylation sites (tertiary alicyclic amines) is 1. The van der Waals surface area contributed by atoms with Gasteiger partial charge in [-0.2, -0.15) is 0 Å². The molecule has 0 aliphatic carbocycles. The number of pyridine rings is 1. The maximum Gasteiger partial charge on any atom is 0.160 e. The molecule has 2 atom stereocenters. The Hall–Kier alpha value is -1.46. The van der Waals surface area contributed by atoms with Crippen molar-refractivity contribution in [3.63, 3.8) is 0 Å². The Labute approximate surface area is 138 Å². The summed E-state index contributed by atoms with van der Waals surface area (Å²) in [5.41, 5.74) is 2.12. The molecule has 2 saturated heterocycles. The highest BCUT2D eigenvalue weighted by Crippen LogP contribution is 2.33. The quantitative estimate of drug-likeness (QED) is 0.946. The Bertz CT molecular complexity index is 671. The molecule has 2 unspecified atom stereocenters. The first-order chi connectivity index (χ1) is 11.2. The van der Waals surface area contributed by atoms with E-state index in [2.05, 4.69) is 39.7 Å². The highest BCUT2D eigenvalue weighted by molar-refractivity contribution is 5.71. The molecule has 2 aliphatic heterocycles. The van der Waals surface area contributed by atoms with Crippen molar-refractivity contribution in [3.8, 4) is 0 Å². The standard InChI is InChI=1S/C18H27N5/c1-13(2)22-10-7-14(12-22)17-21-16-6-4-9-20-18(16)23(17)15-5-3-8-19-11-15/h4,6,9,13-15,19H,3,5,7-8,10-12H2,1-2H3. The van der Waals surface area contributed by atoms with Crippen LogP contribution in [0.25, 0.3) is 11.2 Å². The van der Waals surface area contributed by atoms with Gasteiger partial charge in [-0.1, -0.05) is 0 Å². The summed E-state index contributed by atoms with van der Waals surface area (Å²) in [7, 11) is 0. The molecule has 124 valence electrons. The molecule has 23 heavy (non-hydrogen) atoms. The third-order valence-corrected chi connectivity index (χ3v) is 5.43. The second kappa shape index (κ2) is 6.21. The van der Waals surface area contributed by atoms with Gasteiger partial charge in [-0.05, 0) is 58.3 Å². The highest BCUT2D eigenvalue weighted by Gasteiger charge is 2.32. The van der Waals surface area contributed by atoms with Gasteiger partial charge in [0.25, 0.3) is 0 Å². The highest BCUT2D eigenvalue weighted by atomic mass is 15.2. The van der Waals surface area contributed by atoms with Gasteiger partial charge in [0.15, 0.2) is 5.65 Å². The maximum absolute atomic E-state index is 5.01. The van der Waals surface area contributed by atoms with Gasteiger partial charge < -0.3 is 14.8 Å². The smallest absolute Gasteiger partial charge is 0.160 e. The first-order valence-corrected chi connectivity index (χ1v) is 9.01. The van der Waals surface area contributed by atoms with Crippen LogP contribution in [0.5, 0.6) is 0 Å². The van der Waals surface area contributed by atoms with Gasteiger partial charge in [0.2, 0.25) is 0 Å². The summed E-state index contributed by atoms with van der Waals surface area (Å²) in [6, 6.07) is 5.21. The topological polar surface area (TPSA) is 46.0 Å². The van der Waals surface area contributed by atoms with E-state index in [9.17, 15) is 0 Å². The Balaban J connectivity index is 1.73. The van der Waals surface area contributed by atoms with Crippen LogP contribution in [0.1, 0.15) is 50.9 Å². The number of imidazole rings is 1. The SMILES string of the molecule is CC(C)N1CCC(c2nc3cccnc3n2C2CCCNC2)C1. The maximum atomic E-state index is 5.01. The summed E-state index contributed by atoms with van der Waals surface area (Å²) in [5, 5.41) is 3.55. The summed E-state index contributed by atoms with van der Waals surface area (Å²) >= 11 is 0. The summed E-state index contributed by atoms with van der Waals surface area (Å²) in [5.74, 6) is 1.80. The molecule has 5 nitrogen and oxygen atoms in total. The van der Waals surface area contributed by atoms with Crippen molar-refractivity contribution in [1.29, 1.82) is 0 Å². The van der Waals surface area contributed by atoms with Crippen molar-refractivity contribution in [2.45, 2.75) is 51.1 Å². The number of rotatable bonds is 3. The van der Waals surface area contributed by atoms with E-state index in [1.807, 2.05) is 12.3 Å². The number of fused-ring (bicyclic) bond motifs is 1. The van der Waals surface area contributed by atoms with Crippen LogP contribution in [-0.2, 0) is 0 Å². The first kappa shape index (κ1) is 15.1. The normalized spacial score (nSPS) is 26.4. The van der Waals surface area contributed by atoms with E-state index in [1.54, 1.807) is 0 Å². The molecule has 2 aromatic rings. The molecule has 2 aromatic heterocycles. The molecule has 0 amide bonds. The first-order valence-electron chi connectivity index (χ1n) is 9.01. The van der Waals surface area contributed by atoms with E-state index in [0.29, 0.717) is 18.0 Å². The zero-order valence-corrected chi connectivity index (χ0v) is 14.2. The van der Waals surface area contributed by atoms with Gasteiger partial charge in [0.05, 0.1) is 0 Å². The fraction of sp³-hybridized carbons (Fsp3) is 0.667. The number of hydrogen-bond acceptors (Lipinski definition) is 4. The Morgan fingerprint density at radius 1 is 1.30 bits per heavy atom. The molecule has 2 fully saturated rings. The van der Waals surface area contributed by atoms with E-state index in [-0.39, 0.29) is 0 Å². The molecular weight excluding hydrogens is 286 g/mol. The van der Waals surface area contributed by atoms with Crippen LogP contribution >= 0.6 is 0 Å². The molecule has 0 bridgehead atoms. The average Bonchev–Trinajstić information content (AvgIpc) is 3.20. The Morgan fingerprint density at radius 3 is 2.96 bits per heavy atom. The van der Waals surface area contributed by atoms with Crippen LogP contribution in [-0.4, -0.2) is 51.7 Å². The summed E-state index contributed by atoms with van der Waals surface area (Å²) < 4.78 is 2.45. The molecule has 0 radical (unpaired) electrons. The summed E-state index contributed by atoms with van der Waals surface area (Å²) in [6.45, 7) is 9.06. The molecule has 5 heteroatoms. The number of nitrogens with zero attached hydrogens (tertiary/aromatic N) is 4. The molecule has 4 heterocycles. The minimum Gasteiger partial charge on any atom is -0.315 e. The molecule has 0 aromatic carbocycles. The van der Waals surface area contributed by atoms with Crippen molar-refractivity contribution < 1.29 is 0 Å². The van der Waals surface area contributed by atoms with Crippen molar-refractivity contribution >= 4 is 11.2 Å². The van der Waals surface area contributed by atoms with Crippen LogP contribution in [0.15, 0.2) is 18.3 Å². The van der Waals surface area contributed by atoms with Gasteiger partial charge in [-0.3, -0.25) is 0 Å². The largest absolute Gasteiger partial charge is 0.315 e. The Morgan fingerprint density at radius 2 is 2.22 bits per heavy atom. The number of piperidine rings is 1. The van der Waals surface area contributed by atoms with E-state index in [1.165, 1.54) is 31.6 Å². The van der Waals surface area contributed by atoms with Gasteiger partial charge in [0, 0.05) is 37.3 Å². The van der Waals surface area contributed by atoms with E-state index < -0.39 is 0 Å². The third kappa shape index (κ3) is 2.76. The summed E-state index contributed by atoms with van der Waals surface area (Å²) in [4.78, 5) is 12.2. The van der Waals surface area contributed by atoms with Crippen LogP contribution < -0.4 is 5.32 Å². The second-order valence-corrected chi connectivity index (χ2v) is 7.26. The number of hydrogen-bond donors (Lipinski definition) is 1. The fourth-order valence-corrected chi connectivity index (χ4v) is 4.12. The zero-order chi connectivity index (χ0) is 15.8. The van der Waals surface area contributed by atoms with E-state index >= 15 is 0 Å². The molecule has 4 rings (SSSR count). The third-order valence-electron chi connectivity index (χ3n) is 5.43. The second-order valence-electron chi connectivity index (χ2n) is 7.26. The lowest BCUT2D eigenvalue weighted by Crippen LogP contribution is -2.33. The average molecular weight is 313 g/mol. The van der Waals surface area contributed by atoms with Crippen LogP contribution in [0.3, 0.4) is 0 Å². The monoisotopic (exact) mass is 313 g/mol. The summed E-state index contributed by atoms with van der Waals surface area (Å²) in [6.07, 6.45) is 5.57. The van der Waals surface area contributed by atoms with Crippen LogP contribution in [0.4, 0.5) is 0 Å². The van der Waals surface area contributed by atoms with Crippen molar-refractivity contribution in [3.05, 3.63) is 24.2 Å². The Kier molecular flexibility index (Phi) is 4.07. The van der Waals surface area contributed by atoms with E-state index in [0.717, 1.165) is 30.8 Å². The molecular formula is C18H27N5. The van der Waals surface area contributed by atoms with Gasteiger partial charge >= 0.3 is 0 Å². The van der Waals surface area contributed by atoms with E-state index in [4.69, 9.17) is 4.98 Å². The van der Waals surface area contributed by atoms with Gasteiger partial charge in [-0.25, -0.2) is 9.97 Å². The molecule has 1 N–H and O–H groups in total. The predicted molar refractivity (Wildman–Crippen MR) is 92.7 cm³/mol. The number of aromatic nitrogens is 3. The molecule has 0 spiro atoms. The minimum atomic E-state index is 0.492. The molecule has 0 saturated carbocycles.